The van der Waals surface area contributed by atoms with Crippen molar-refractivity contribution in [2.24, 2.45) is 11.7 Å². The summed E-state index contributed by atoms with van der Waals surface area (Å²) in [7, 11) is 0. The fourth-order valence-electron chi connectivity index (χ4n) is 1.78. The van der Waals surface area contributed by atoms with Crippen LogP contribution in [0.25, 0.3) is 0 Å². The zero-order chi connectivity index (χ0) is 13.7. The number of nitrogens with zero attached hydrogens (tertiary/aromatic N) is 1. The molecule has 0 fully saturated rings. The molecule has 0 radical (unpaired) electrons. The molecule has 0 atom stereocenters. The van der Waals surface area contributed by atoms with Gasteiger partial charge in [0.15, 0.2) is 0 Å². The van der Waals surface area contributed by atoms with Crippen LogP contribution in [0.2, 0.25) is 0 Å². The van der Waals surface area contributed by atoms with Crippen LogP contribution in [0.15, 0.2) is 22.7 Å². The quantitative estimate of drug-likeness (QED) is 0.842. The molecule has 1 aromatic rings. The van der Waals surface area contributed by atoms with Gasteiger partial charge >= 0.3 is 0 Å². The molecule has 0 aromatic heterocycles. The minimum absolute atomic E-state index is 0.00111. The van der Waals surface area contributed by atoms with Crippen LogP contribution >= 0.6 is 15.9 Å². The average Bonchev–Trinajstić information content (AvgIpc) is 2.26. The summed E-state index contributed by atoms with van der Waals surface area (Å²) >= 11 is 3.46. The van der Waals surface area contributed by atoms with Crippen molar-refractivity contribution < 1.29 is 9.90 Å². The largest absolute Gasteiger partial charge is 0.392 e. The van der Waals surface area contributed by atoms with E-state index in [4.69, 9.17) is 10.8 Å². The van der Waals surface area contributed by atoms with Crippen LogP contribution in [-0.2, 0) is 11.4 Å². The molecule has 0 unspecified atom stereocenters. The molecule has 0 saturated heterocycles. The molecule has 0 heterocycles. The number of carbonyl (C=O) groups is 1. The van der Waals surface area contributed by atoms with E-state index >= 15 is 0 Å². The van der Waals surface area contributed by atoms with Gasteiger partial charge in [0.1, 0.15) is 0 Å². The molecule has 1 rings (SSSR count). The van der Waals surface area contributed by atoms with E-state index in [0.717, 1.165) is 22.3 Å². The molecule has 18 heavy (non-hydrogen) atoms. The number of primary amides is 1. The number of aliphatic hydroxyl groups excluding tert-OH is 1. The molecule has 1 aromatic carbocycles. The summed E-state index contributed by atoms with van der Waals surface area (Å²) in [6.07, 6.45) is 0. The van der Waals surface area contributed by atoms with Crippen molar-refractivity contribution in [3.63, 3.8) is 0 Å². The van der Waals surface area contributed by atoms with Crippen LogP contribution in [0.4, 0.5) is 5.69 Å². The maximum Gasteiger partial charge on any atom is 0.236 e. The molecule has 0 bridgehead atoms. The van der Waals surface area contributed by atoms with Crippen molar-refractivity contribution >= 4 is 27.5 Å². The number of halogens is 1. The SMILES string of the molecule is CC(C)CN(CC(N)=O)c1ccc(CO)cc1Br. The van der Waals surface area contributed by atoms with Gasteiger partial charge in [-0.05, 0) is 39.5 Å². The number of nitrogens with two attached hydrogens (primary N) is 1. The Morgan fingerprint density at radius 1 is 1.50 bits per heavy atom. The van der Waals surface area contributed by atoms with E-state index < -0.39 is 0 Å². The third kappa shape index (κ3) is 4.31. The standard InChI is InChI=1S/C13H19BrN2O2/c1-9(2)6-16(7-13(15)18)12-4-3-10(8-17)5-11(12)14/h3-5,9,17H,6-8H2,1-2H3,(H2,15,18). The summed E-state index contributed by atoms with van der Waals surface area (Å²) in [6, 6.07) is 5.58. The van der Waals surface area contributed by atoms with E-state index in [-0.39, 0.29) is 19.1 Å². The van der Waals surface area contributed by atoms with Gasteiger partial charge in [-0.2, -0.15) is 0 Å². The maximum atomic E-state index is 11.1. The highest BCUT2D eigenvalue weighted by Crippen LogP contribution is 2.28. The number of amides is 1. The Bertz CT molecular complexity index is 421. The molecular formula is C13H19BrN2O2. The second-order valence-electron chi connectivity index (χ2n) is 4.68. The van der Waals surface area contributed by atoms with Crippen molar-refractivity contribution in [3.8, 4) is 0 Å². The molecular weight excluding hydrogens is 296 g/mol. The second kappa shape index (κ2) is 6.75. The first-order valence-corrected chi connectivity index (χ1v) is 6.66. The highest BCUT2D eigenvalue weighted by Gasteiger charge is 2.14. The lowest BCUT2D eigenvalue weighted by atomic mass is 10.1. The Hall–Kier alpha value is -1.07. The summed E-state index contributed by atoms with van der Waals surface area (Å²) in [5, 5.41) is 9.07. The monoisotopic (exact) mass is 314 g/mol. The molecule has 0 spiro atoms. The van der Waals surface area contributed by atoms with E-state index in [2.05, 4.69) is 29.8 Å². The van der Waals surface area contributed by atoms with Crippen molar-refractivity contribution in [2.45, 2.75) is 20.5 Å². The van der Waals surface area contributed by atoms with Gasteiger partial charge in [0.2, 0.25) is 5.91 Å². The lowest BCUT2D eigenvalue weighted by Gasteiger charge is -2.26. The number of anilines is 1. The topological polar surface area (TPSA) is 66.6 Å². The lowest BCUT2D eigenvalue weighted by Crippen LogP contribution is -2.36. The fraction of sp³-hybridized carbons (Fsp3) is 0.462. The third-order valence-electron chi connectivity index (χ3n) is 2.47. The molecule has 3 N–H and O–H groups in total. The van der Waals surface area contributed by atoms with Crippen LogP contribution in [0.5, 0.6) is 0 Å². The second-order valence-corrected chi connectivity index (χ2v) is 5.54. The summed E-state index contributed by atoms with van der Waals surface area (Å²) in [5.41, 5.74) is 7.02. The Morgan fingerprint density at radius 3 is 2.61 bits per heavy atom. The van der Waals surface area contributed by atoms with Crippen molar-refractivity contribution in [3.05, 3.63) is 28.2 Å². The van der Waals surface area contributed by atoms with Gasteiger partial charge < -0.3 is 15.7 Å². The van der Waals surface area contributed by atoms with Gasteiger partial charge in [-0.1, -0.05) is 19.9 Å². The Kier molecular flexibility index (Phi) is 5.62. The summed E-state index contributed by atoms with van der Waals surface area (Å²) in [6.45, 7) is 5.11. The molecule has 0 saturated carbocycles. The number of carbonyl (C=O) groups excluding carboxylic acids is 1. The van der Waals surface area contributed by atoms with Gasteiger partial charge in [-0.15, -0.1) is 0 Å². The smallest absolute Gasteiger partial charge is 0.236 e. The molecule has 0 aliphatic rings. The first-order chi connectivity index (χ1) is 8.43. The van der Waals surface area contributed by atoms with Gasteiger partial charge in [0.05, 0.1) is 18.8 Å². The van der Waals surface area contributed by atoms with Gasteiger partial charge in [0.25, 0.3) is 0 Å². The van der Waals surface area contributed by atoms with Crippen molar-refractivity contribution in [1.29, 1.82) is 0 Å². The maximum absolute atomic E-state index is 11.1. The highest BCUT2D eigenvalue weighted by atomic mass is 79.9. The summed E-state index contributed by atoms with van der Waals surface area (Å²) in [5.74, 6) is 0.0718. The predicted molar refractivity (Wildman–Crippen MR) is 76.3 cm³/mol. The number of hydrogen-bond donors (Lipinski definition) is 2. The van der Waals surface area contributed by atoms with Crippen LogP contribution in [-0.4, -0.2) is 24.1 Å². The first-order valence-electron chi connectivity index (χ1n) is 5.86. The van der Waals surface area contributed by atoms with Crippen LogP contribution < -0.4 is 10.6 Å². The van der Waals surface area contributed by atoms with Crippen LogP contribution in [0, 0.1) is 5.92 Å². The highest BCUT2D eigenvalue weighted by molar-refractivity contribution is 9.10. The summed E-state index contributed by atoms with van der Waals surface area (Å²) in [4.78, 5) is 13.1. The van der Waals surface area contributed by atoms with E-state index in [1.165, 1.54) is 0 Å². The minimum Gasteiger partial charge on any atom is -0.392 e. The number of rotatable bonds is 6. The molecule has 4 nitrogen and oxygen atoms in total. The number of benzene rings is 1. The van der Waals surface area contributed by atoms with E-state index in [1.807, 2.05) is 23.1 Å². The normalized spacial score (nSPS) is 10.7. The zero-order valence-electron chi connectivity index (χ0n) is 10.7. The van der Waals surface area contributed by atoms with Gasteiger partial charge in [-0.25, -0.2) is 0 Å². The number of aliphatic hydroxyl groups is 1. The molecule has 5 heteroatoms. The average molecular weight is 315 g/mol. The Morgan fingerprint density at radius 2 is 2.17 bits per heavy atom. The van der Waals surface area contributed by atoms with E-state index in [0.29, 0.717) is 5.92 Å². The Balaban J connectivity index is 3.00. The third-order valence-corrected chi connectivity index (χ3v) is 3.10. The Labute approximate surface area is 116 Å². The predicted octanol–water partition coefficient (Wildman–Crippen LogP) is 1.89. The van der Waals surface area contributed by atoms with Crippen molar-refractivity contribution in [2.75, 3.05) is 18.0 Å². The molecule has 0 aliphatic carbocycles. The minimum atomic E-state index is -0.353. The molecule has 1 amide bonds. The van der Waals surface area contributed by atoms with Gasteiger partial charge in [0, 0.05) is 11.0 Å². The van der Waals surface area contributed by atoms with Gasteiger partial charge in [-0.3, -0.25) is 4.79 Å². The lowest BCUT2D eigenvalue weighted by molar-refractivity contribution is -0.116. The molecule has 100 valence electrons. The van der Waals surface area contributed by atoms with Crippen molar-refractivity contribution in [1.82, 2.24) is 0 Å². The molecule has 0 aliphatic heterocycles. The zero-order valence-corrected chi connectivity index (χ0v) is 12.3. The summed E-state index contributed by atoms with van der Waals surface area (Å²) < 4.78 is 0.857. The first kappa shape index (κ1) is 15.0. The van der Waals surface area contributed by atoms with Crippen LogP contribution in [0.3, 0.4) is 0 Å². The van der Waals surface area contributed by atoms with Crippen LogP contribution in [0.1, 0.15) is 19.4 Å². The van der Waals surface area contributed by atoms with E-state index in [1.54, 1.807) is 0 Å². The number of hydrogen-bond acceptors (Lipinski definition) is 3. The fourth-order valence-corrected chi connectivity index (χ4v) is 2.46. The van der Waals surface area contributed by atoms with E-state index in [9.17, 15) is 4.79 Å².